The highest BCUT2D eigenvalue weighted by molar-refractivity contribution is 5.95. The van der Waals surface area contributed by atoms with Gasteiger partial charge in [-0.2, -0.15) is 0 Å². The average Bonchev–Trinajstić information content (AvgIpc) is 3.56. The third kappa shape index (κ3) is 4.51. The molecule has 1 aromatic carbocycles. The minimum Gasteiger partial charge on any atom is -0.378 e. The molecule has 4 aromatic rings. The maximum atomic E-state index is 15.3. The number of imidazole rings is 1. The number of H-pyrrole nitrogens is 1. The molecule has 0 unspecified atom stereocenters. The predicted octanol–water partition coefficient (Wildman–Crippen LogP) is 3.89. The molecule has 1 N–H and O–H groups in total. The molecular formula is C28H33F3N8O. The summed E-state index contributed by atoms with van der Waals surface area (Å²) in [5.74, 6) is -0.986. The SMILES string of the molecule is CCn1c(CN2CCC(N3CC(F)(F)C3)CC2)nc2c(N3CCOCC3)nc(-c3c(F)ccc4[nH]ccc34)nc21. The summed E-state index contributed by atoms with van der Waals surface area (Å²) in [6.45, 7) is 7.26. The molecule has 12 heteroatoms. The van der Waals surface area contributed by atoms with Gasteiger partial charge in [0.25, 0.3) is 5.92 Å². The molecule has 6 heterocycles. The lowest BCUT2D eigenvalue weighted by Gasteiger charge is -2.46. The van der Waals surface area contributed by atoms with Crippen molar-refractivity contribution in [2.75, 3.05) is 57.4 Å². The first-order chi connectivity index (χ1) is 19.4. The Balaban J connectivity index is 1.24. The van der Waals surface area contributed by atoms with Crippen LogP contribution in [0, 0.1) is 5.82 Å². The highest BCUT2D eigenvalue weighted by atomic mass is 19.3. The second-order valence-electron chi connectivity index (χ2n) is 11.0. The van der Waals surface area contributed by atoms with E-state index in [2.05, 4.69) is 26.3 Å². The van der Waals surface area contributed by atoms with Gasteiger partial charge in [-0.25, -0.2) is 28.1 Å². The molecular weight excluding hydrogens is 521 g/mol. The number of fused-ring (bicyclic) bond motifs is 2. The molecule has 0 bridgehead atoms. The van der Waals surface area contributed by atoms with Gasteiger partial charge < -0.3 is 19.2 Å². The highest BCUT2D eigenvalue weighted by Gasteiger charge is 2.46. The first kappa shape index (κ1) is 25.7. The Morgan fingerprint density at radius 2 is 1.80 bits per heavy atom. The number of aromatic nitrogens is 5. The molecule has 212 valence electrons. The van der Waals surface area contributed by atoms with E-state index in [0.717, 1.165) is 42.7 Å². The van der Waals surface area contributed by atoms with Crippen LogP contribution in [-0.2, 0) is 17.8 Å². The number of hydrogen-bond acceptors (Lipinski definition) is 7. The number of likely N-dealkylation sites (tertiary alicyclic amines) is 2. The summed E-state index contributed by atoms with van der Waals surface area (Å²) in [7, 11) is 0. The number of halogens is 3. The maximum absolute atomic E-state index is 15.3. The molecule has 3 aliphatic rings. The second kappa shape index (κ2) is 10.0. The van der Waals surface area contributed by atoms with Crippen molar-refractivity contribution in [3.63, 3.8) is 0 Å². The molecule has 3 aromatic heterocycles. The summed E-state index contributed by atoms with van der Waals surface area (Å²) in [6.07, 6.45) is 3.52. The van der Waals surface area contributed by atoms with Crippen molar-refractivity contribution in [3.8, 4) is 11.4 Å². The van der Waals surface area contributed by atoms with E-state index in [0.29, 0.717) is 67.8 Å². The van der Waals surface area contributed by atoms with Crippen molar-refractivity contribution in [2.24, 2.45) is 0 Å². The van der Waals surface area contributed by atoms with E-state index in [1.807, 2.05) is 11.0 Å². The Morgan fingerprint density at radius 1 is 1.02 bits per heavy atom. The lowest BCUT2D eigenvalue weighted by Crippen LogP contribution is -2.61. The van der Waals surface area contributed by atoms with E-state index < -0.39 is 5.92 Å². The van der Waals surface area contributed by atoms with E-state index in [1.165, 1.54) is 6.07 Å². The van der Waals surface area contributed by atoms with Crippen molar-refractivity contribution >= 4 is 27.9 Å². The largest absolute Gasteiger partial charge is 0.378 e. The van der Waals surface area contributed by atoms with Crippen molar-refractivity contribution in [2.45, 2.75) is 44.8 Å². The van der Waals surface area contributed by atoms with Gasteiger partial charge in [0.15, 0.2) is 22.8 Å². The number of aromatic amines is 1. The standard InChI is InChI=1S/C28H33F3N8O/c1-2-39-22(15-36-9-6-18(7-10-36)38-16-28(30,31)17-38)33-24-26(37-11-13-40-14-12-37)34-25(35-27(24)39)23-19-5-8-32-21(19)4-3-20(23)29/h3-5,8,18,32H,2,6-7,9-17H2,1H3. The van der Waals surface area contributed by atoms with Crippen LogP contribution in [-0.4, -0.2) is 98.7 Å². The van der Waals surface area contributed by atoms with Crippen LogP contribution in [0.3, 0.4) is 0 Å². The number of alkyl halides is 2. The number of hydrogen-bond donors (Lipinski definition) is 1. The number of rotatable bonds is 6. The number of benzene rings is 1. The van der Waals surface area contributed by atoms with E-state index in [-0.39, 0.29) is 24.9 Å². The average molecular weight is 555 g/mol. The Bertz CT molecular complexity index is 1530. The Kier molecular flexibility index (Phi) is 6.43. The summed E-state index contributed by atoms with van der Waals surface area (Å²) < 4.78 is 49.7. The number of morpholine rings is 1. The van der Waals surface area contributed by atoms with Gasteiger partial charge in [-0.15, -0.1) is 0 Å². The fraction of sp³-hybridized carbons (Fsp3) is 0.536. The first-order valence-electron chi connectivity index (χ1n) is 14.1. The summed E-state index contributed by atoms with van der Waals surface area (Å²) in [6, 6.07) is 5.24. The molecule has 0 aliphatic carbocycles. The third-order valence-corrected chi connectivity index (χ3v) is 8.50. The fourth-order valence-electron chi connectivity index (χ4n) is 6.37. The van der Waals surface area contributed by atoms with Gasteiger partial charge in [0.2, 0.25) is 0 Å². The van der Waals surface area contributed by atoms with Crippen LogP contribution in [0.2, 0.25) is 0 Å². The van der Waals surface area contributed by atoms with E-state index in [1.54, 1.807) is 12.3 Å². The number of aryl methyl sites for hydroxylation is 1. The number of anilines is 1. The van der Waals surface area contributed by atoms with E-state index in [9.17, 15) is 8.78 Å². The van der Waals surface area contributed by atoms with Crippen molar-refractivity contribution in [1.29, 1.82) is 0 Å². The van der Waals surface area contributed by atoms with Crippen LogP contribution in [0.5, 0.6) is 0 Å². The van der Waals surface area contributed by atoms with Gasteiger partial charge in [-0.3, -0.25) is 9.80 Å². The van der Waals surface area contributed by atoms with Gasteiger partial charge >= 0.3 is 0 Å². The van der Waals surface area contributed by atoms with Crippen molar-refractivity contribution < 1.29 is 17.9 Å². The minimum absolute atomic E-state index is 0.119. The highest BCUT2D eigenvalue weighted by Crippen LogP contribution is 2.35. The van der Waals surface area contributed by atoms with Crippen LogP contribution in [0.15, 0.2) is 24.4 Å². The molecule has 0 atom stereocenters. The molecule has 0 radical (unpaired) electrons. The maximum Gasteiger partial charge on any atom is 0.272 e. The van der Waals surface area contributed by atoms with Gasteiger partial charge in [-0.05, 0) is 38.0 Å². The summed E-state index contributed by atoms with van der Waals surface area (Å²) in [5, 5.41) is 0.734. The number of nitrogens with one attached hydrogen (secondary N) is 1. The Hall–Kier alpha value is -3.22. The Labute approximate surface area is 229 Å². The number of piperidine rings is 1. The van der Waals surface area contributed by atoms with E-state index >= 15 is 4.39 Å². The monoisotopic (exact) mass is 554 g/mol. The molecule has 9 nitrogen and oxygen atoms in total. The van der Waals surface area contributed by atoms with E-state index in [4.69, 9.17) is 19.7 Å². The summed E-state index contributed by atoms with van der Waals surface area (Å²) in [5.41, 5.74) is 2.60. The van der Waals surface area contributed by atoms with Gasteiger partial charge in [0, 0.05) is 55.9 Å². The molecule has 0 amide bonds. The van der Waals surface area contributed by atoms with Gasteiger partial charge in [-0.1, -0.05) is 0 Å². The van der Waals surface area contributed by atoms with Crippen molar-refractivity contribution in [3.05, 3.63) is 36.0 Å². The molecule has 3 fully saturated rings. The lowest BCUT2D eigenvalue weighted by atomic mass is 9.98. The zero-order valence-corrected chi connectivity index (χ0v) is 22.5. The summed E-state index contributed by atoms with van der Waals surface area (Å²) >= 11 is 0. The fourth-order valence-corrected chi connectivity index (χ4v) is 6.37. The molecule has 40 heavy (non-hydrogen) atoms. The van der Waals surface area contributed by atoms with Crippen LogP contribution in [0.4, 0.5) is 19.0 Å². The molecule has 7 rings (SSSR count). The number of nitrogens with zero attached hydrogens (tertiary/aromatic N) is 7. The molecule has 0 saturated carbocycles. The van der Waals surface area contributed by atoms with Crippen LogP contribution >= 0.6 is 0 Å². The van der Waals surface area contributed by atoms with Crippen molar-refractivity contribution in [1.82, 2.24) is 34.3 Å². The Morgan fingerprint density at radius 3 is 2.52 bits per heavy atom. The molecule has 3 saturated heterocycles. The molecule has 0 spiro atoms. The van der Waals surface area contributed by atoms with Gasteiger partial charge in [0.1, 0.15) is 11.6 Å². The first-order valence-corrected chi connectivity index (χ1v) is 14.1. The number of ether oxygens (including phenoxy) is 1. The minimum atomic E-state index is -2.53. The normalized spacial score (nSPS) is 20.9. The summed E-state index contributed by atoms with van der Waals surface area (Å²) in [4.78, 5) is 24.5. The predicted molar refractivity (Wildman–Crippen MR) is 146 cm³/mol. The topological polar surface area (TPSA) is 78.3 Å². The zero-order valence-electron chi connectivity index (χ0n) is 22.5. The second-order valence-corrected chi connectivity index (χ2v) is 11.0. The quantitative estimate of drug-likeness (QED) is 0.388. The van der Waals surface area contributed by atoms with Crippen LogP contribution < -0.4 is 4.90 Å². The van der Waals surface area contributed by atoms with Gasteiger partial charge in [0.05, 0.1) is 38.4 Å². The van der Waals surface area contributed by atoms with Crippen LogP contribution in [0.25, 0.3) is 33.5 Å². The van der Waals surface area contributed by atoms with Crippen LogP contribution in [0.1, 0.15) is 25.6 Å². The zero-order chi connectivity index (χ0) is 27.4. The lowest BCUT2D eigenvalue weighted by molar-refractivity contribution is -0.151. The third-order valence-electron chi connectivity index (χ3n) is 8.50. The molecule has 3 aliphatic heterocycles. The smallest absolute Gasteiger partial charge is 0.272 e.